The van der Waals surface area contributed by atoms with Crippen molar-refractivity contribution in [2.45, 2.75) is 26.2 Å². The van der Waals surface area contributed by atoms with Crippen LogP contribution >= 0.6 is 0 Å². The highest BCUT2D eigenvalue weighted by Crippen LogP contribution is 2.17. The number of hydrogen-bond acceptors (Lipinski definition) is 2. The fourth-order valence-electron chi connectivity index (χ4n) is 2.62. The maximum atomic E-state index is 12.2. The summed E-state index contributed by atoms with van der Waals surface area (Å²) in [7, 11) is 3.49. The van der Waals surface area contributed by atoms with Crippen LogP contribution in [0.3, 0.4) is 0 Å². The van der Waals surface area contributed by atoms with Crippen LogP contribution in [0.15, 0.2) is 24.3 Å². The highest BCUT2D eigenvalue weighted by atomic mass is 16.2. The van der Waals surface area contributed by atoms with Gasteiger partial charge >= 0.3 is 6.03 Å². The van der Waals surface area contributed by atoms with Crippen molar-refractivity contribution in [2.75, 3.05) is 32.5 Å². The number of nitrogens with one attached hydrogen (secondary N) is 1. The maximum absolute atomic E-state index is 12.2. The third kappa shape index (κ3) is 4.48. The minimum Gasteiger partial charge on any atom is -0.349 e. The van der Waals surface area contributed by atoms with E-state index in [1.807, 2.05) is 29.2 Å². The summed E-state index contributed by atoms with van der Waals surface area (Å²) < 4.78 is 0. The summed E-state index contributed by atoms with van der Waals surface area (Å²) in [5, 5.41) is 2.93. The Hall–Kier alpha value is -2.04. The molecular formula is C17H25N3O2. The van der Waals surface area contributed by atoms with Crippen LogP contribution in [0.2, 0.25) is 0 Å². The molecule has 0 aromatic heterocycles. The molecule has 0 radical (unpaired) electrons. The molecular weight excluding hydrogens is 278 g/mol. The van der Waals surface area contributed by atoms with Crippen LogP contribution < -0.4 is 5.32 Å². The molecule has 1 aliphatic heterocycles. The first-order chi connectivity index (χ1) is 10.5. The highest BCUT2D eigenvalue weighted by Gasteiger charge is 2.20. The Bertz CT molecular complexity index is 525. The van der Waals surface area contributed by atoms with E-state index >= 15 is 0 Å². The third-order valence-electron chi connectivity index (χ3n) is 4.00. The van der Waals surface area contributed by atoms with Gasteiger partial charge in [-0.05, 0) is 36.5 Å². The lowest BCUT2D eigenvalue weighted by atomic mass is 10.0. The smallest absolute Gasteiger partial charge is 0.321 e. The number of benzene rings is 1. The first-order valence-corrected chi connectivity index (χ1v) is 7.80. The zero-order valence-corrected chi connectivity index (χ0v) is 13.6. The van der Waals surface area contributed by atoms with Crippen LogP contribution in [0.25, 0.3) is 0 Å². The summed E-state index contributed by atoms with van der Waals surface area (Å²) in [4.78, 5) is 27.3. The van der Waals surface area contributed by atoms with E-state index in [9.17, 15) is 9.59 Å². The molecule has 0 saturated carbocycles. The first kappa shape index (κ1) is 16.3. The van der Waals surface area contributed by atoms with Crippen LogP contribution in [0.1, 0.15) is 25.3 Å². The van der Waals surface area contributed by atoms with E-state index < -0.39 is 0 Å². The van der Waals surface area contributed by atoms with Crippen molar-refractivity contribution in [3.05, 3.63) is 29.8 Å². The number of likely N-dealkylation sites (N-methyl/N-ethyl adjacent to an activating group) is 1. The van der Waals surface area contributed by atoms with Gasteiger partial charge in [0.05, 0.1) is 6.42 Å². The van der Waals surface area contributed by atoms with E-state index in [2.05, 4.69) is 12.2 Å². The van der Waals surface area contributed by atoms with Gasteiger partial charge in [0.15, 0.2) is 0 Å². The number of hydrogen-bond donors (Lipinski definition) is 1. The average molecular weight is 303 g/mol. The molecule has 1 aromatic carbocycles. The van der Waals surface area contributed by atoms with E-state index in [1.54, 1.807) is 19.0 Å². The predicted molar refractivity (Wildman–Crippen MR) is 87.8 cm³/mol. The molecule has 1 aliphatic rings. The van der Waals surface area contributed by atoms with Crippen molar-refractivity contribution in [3.8, 4) is 0 Å². The van der Waals surface area contributed by atoms with Gasteiger partial charge in [-0.15, -0.1) is 0 Å². The number of amides is 3. The van der Waals surface area contributed by atoms with E-state index in [0.29, 0.717) is 12.3 Å². The molecule has 1 saturated heterocycles. The Morgan fingerprint density at radius 1 is 1.27 bits per heavy atom. The number of nitrogens with zero attached hydrogens (tertiary/aromatic N) is 2. The van der Waals surface area contributed by atoms with E-state index in [1.165, 1.54) is 6.42 Å². The van der Waals surface area contributed by atoms with Crippen LogP contribution in [-0.4, -0.2) is 48.9 Å². The fourth-order valence-corrected chi connectivity index (χ4v) is 2.62. The molecule has 0 spiro atoms. The number of piperidine rings is 1. The SMILES string of the molecule is C[C@H]1CCCN(C(=O)Nc2ccc(CC(=O)N(C)C)cc2)C1. The van der Waals surface area contributed by atoms with Crippen LogP contribution in [-0.2, 0) is 11.2 Å². The summed E-state index contributed by atoms with van der Waals surface area (Å²) in [6.07, 6.45) is 2.64. The summed E-state index contributed by atoms with van der Waals surface area (Å²) in [6, 6.07) is 7.43. The van der Waals surface area contributed by atoms with Gasteiger partial charge in [0, 0.05) is 32.9 Å². The second-order valence-electron chi connectivity index (χ2n) is 6.29. The largest absolute Gasteiger partial charge is 0.349 e. The maximum Gasteiger partial charge on any atom is 0.321 e. The zero-order valence-electron chi connectivity index (χ0n) is 13.6. The van der Waals surface area contributed by atoms with Gasteiger partial charge in [0.1, 0.15) is 0 Å². The molecule has 1 N–H and O–H groups in total. The molecule has 120 valence electrons. The number of carbonyl (C=O) groups is 2. The molecule has 5 heteroatoms. The number of urea groups is 1. The van der Waals surface area contributed by atoms with Crippen LogP contribution in [0, 0.1) is 5.92 Å². The summed E-state index contributed by atoms with van der Waals surface area (Å²) in [5.41, 5.74) is 1.72. The minimum absolute atomic E-state index is 0.0383. The number of carbonyl (C=O) groups excluding carboxylic acids is 2. The molecule has 1 atom stereocenters. The zero-order chi connectivity index (χ0) is 16.1. The Kier molecular flexibility index (Phi) is 5.41. The summed E-state index contributed by atoms with van der Waals surface area (Å²) in [5.74, 6) is 0.637. The molecule has 5 nitrogen and oxygen atoms in total. The monoisotopic (exact) mass is 303 g/mol. The second-order valence-corrected chi connectivity index (χ2v) is 6.29. The van der Waals surface area contributed by atoms with Gasteiger partial charge in [0.2, 0.25) is 5.91 Å². The van der Waals surface area contributed by atoms with Gasteiger partial charge in [-0.1, -0.05) is 19.1 Å². The highest BCUT2D eigenvalue weighted by molar-refractivity contribution is 5.89. The van der Waals surface area contributed by atoms with E-state index in [4.69, 9.17) is 0 Å². The van der Waals surface area contributed by atoms with Crippen LogP contribution in [0.4, 0.5) is 10.5 Å². The molecule has 22 heavy (non-hydrogen) atoms. The van der Waals surface area contributed by atoms with Crippen molar-refractivity contribution in [1.82, 2.24) is 9.80 Å². The average Bonchev–Trinajstić information content (AvgIpc) is 2.49. The first-order valence-electron chi connectivity index (χ1n) is 7.80. The second kappa shape index (κ2) is 7.29. The van der Waals surface area contributed by atoms with Crippen molar-refractivity contribution < 1.29 is 9.59 Å². The van der Waals surface area contributed by atoms with Gasteiger partial charge < -0.3 is 15.1 Å². The number of likely N-dealkylation sites (tertiary alicyclic amines) is 1. The third-order valence-corrected chi connectivity index (χ3v) is 4.00. The Balaban J connectivity index is 1.90. The summed E-state index contributed by atoms with van der Waals surface area (Å²) in [6.45, 7) is 3.82. The standard InChI is InChI=1S/C17H25N3O2/c1-13-5-4-10-20(12-13)17(22)18-15-8-6-14(7-9-15)11-16(21)19(2)3/h6-9,13H,4-5,10-12H2,1-3H3,(H,18,22)/t13-/m0/s1. The molecule has 1 fully saturated rings. The lowest BCUT2D eigenvalue weighted by molar-refractivity contribution is -0.127. The number of rotatable bonds is 3. The summed E-state index contributed by atoms with van der Waals surface area (Å²) >= 11 is 0. The van der Waals surface area contributed by atoms with Crippen LogP contribution in [0.5, 0.6) is 0 Å². The van der Waals surface area contributed by atoms with Gasteiger partial charge in [-0.25, -0.2) is 4.79 Å². The molecule has 3 amide bonds. The molecule has 0 unspecified atom stereocenters. The number of anilines is 1. The molecule has 2 rings (SSSR count). The van der Waals surface area contributed by atoms with Crippen molar-refractivity contribution in [1.29, 1.82) is 0 Å². The van der Waals surface area contributed by atoms with Crippen molar-refractivity contribution in [2.24, 2.45) is 5.92 Å². The molecule has 0 aliphatic carbocycles. The quantitative estimate of drug-likeness (QED) is 0.933. The van der Waals surface area contributed by atoms with Gasteiger partial charge in [-0.3, -0.25) is 4.79 Å². The lowest BCUT2D eigenvalue weighted by Gasteiger charge is -2.30. The fraction of sp³-hybridized carbons (Fsp3) is 0.529. The van der Waals surface area contributed by atoms with Gasteiger partial charge in [0.25, 0.3) is 0 Å². The van der Waals surface area contributed by atoms with Crippen molar-refractivity contribution in [3.63, 3.8) is 0 Å². The van der Waals surface area contributed by atoms with E-state index in [0.717, 1.165) is 30.8 Å². The normalized spacial score (nSPS) is 18.0. The molecule has 1 aromatic rings. The molecule has 0 bridgehead atoms. The Morgan fingerprint density at radius 2 is 1.95 bits per heavy atom. The lowest BCUT2D eigenvalue weighted by Crippen LogP contribution is -2.41. The van der Waals surface area contributed by atoms with Crippen molar-refractivity contribution >= 4 is 17.6 Å². The topological polar surface area (TPSA) is 52.7 Å². The van der Waals surface area contributed by atoms with E-state index in [-0.39, 0.29) is 11.9 Å². The van der Waals surface area contributed by atoms with Gasteiger partial charge in [-0.2, -0.15) is 0 Å². The Morgan fingerprint density at radius 3 is 2.55 bits per heavy atom. The molecule has 1 heterocycles. The predicted octanol–water partition coefficient (Wildman–Crippen LogP) is 2.58. The Labute approximate surface area is 132 Å². The minimum atomic E-state index is -0.0383.